The zero-order chi connectivity index (χ0) is 12.8. The Morgan fingerprint density at radius 1 is 1.41 bits per heavy atom. The summed E-state index contributed by atoms with van der Waals surface area (Å²) in [5.41, 5.74) is 1.00. The summed E-state index contributed by atoms with van der Waals surface area (Å²) in [5.74, 6) is -0.170. The molecule has 0 saturated heterocycles. The number of hydrogen-bond donors (Lipinski definition) is 2. The van der Waals surface area contributed by atoms with Crippen molar-refractivity contribution in [1.29, 1.82) is 0 Å². The summed E-state index contributed by atoms with van der Waals surface area (Å²) in [6.45, 7) is 5.87. The number of aryl methyl sites for hydroxylation is 1. The molecule has 0 aromatic heterocycles. The van der Waals surface area contributed by atoms with Crippen LogP contribution >= 0.6 is 0 Å². The van der Waals surface area contributed by atoms with E-state index < -0.39 is 12.0 Å². The average Bonchev–Trinajstić information content (AvgIpc) is 2.25. The fourth-order valence-corrected chi connectivity index (χ4v) is 1.48. The molecule has 94 valence electrons. The second-order valence-corrected chi connectivity index (χ2v) is 4.29. The first-order valence-corrected chi connectivity index (χ1v) is 5.68. The number of nitrogens with one attached hydrogen (secondary N) is 1. The first-order chi connectivity index (χ1) is 8.00. The van der Waals surface area contributed by atoms with E-state index in [0.29, 0.717) is 0 Å². The lowest BCUT2D eigenvalue weighted by atomic mass is 10.2. The summed E-state index contributed by atoms with van der Waals surface area (Å²) in [7, 11) is 0. The molecule has 17 heavy (non-hydrogen) atoms. The van der Waals surface area contributed by atoms with Crippen LogP contribution in [-0.4, -0.2) is 29.8 Å². The van der Waals surface area contributed by atoms with E-state index in [0.717, 1.165) is 11.3 Å². The monoisotopic (exact) mass is 237 g/mol. The normalized spacial score (nSPS) is 12.5. The molecule has 1 rings (SSSR count). The molecule has 0 bridgehead atoms. The van der Waals surface area contributed by atoms with E-state index >= 15 is 0 Å². The van der Waals surface area contributed by atoms with Gasteiger partial charge in [0, 0.05) is 6.04 Å². The molecule has 4 heteroatoms. The third kappa shape index (κ3) is 4.44. The van der Waals surface area contributed by atoms with Crippen LogP contribution in [0.2, 0.25) is 0 Å². The molecule has 0 amide bonds. The Kier molecular flexibility index (Phi) is 4.97. The van der Waals surface area contributed by atoms with Gasteiger partial charge in [-0.2, -0.15) is 0 Å². The van der Waals surface area contributed by atoms with Gasteiger partial charge in [0.25, 0.3) is 0 Å². The molecule has 0 aliphatic heterocycles. The Labute approximate surface area is 102 Å². The van der Waals surface area contributed by atoms with E-state index in [1.54, 1.807) is 0 Å². The van der Waals surface area contributed by atoms with Gasteiger partial charge in [-0.15, -0.1) is 0 Å². The summed E-state index contributed by atoms with van der Waals surface area (Å²) in [6.07, 6.45) is 0. The molecule has 2 N–H and O–H groups in total. The summed E-state index contributed by atoms with van der Waals surface area (Å²) < 4.78 is 5.52. The fraction of sp³-hybridized carbons (Fsp3) is 0.462. The van der Waals surface area contributed by atoms with Gasteiger partial charge >= 0.3 is 5.97 Å². The molecule has 0 radical (unpaired) electrons. The maximum atomic E-state index is 11.0. The number of carboxylic acids is 1. The van der Waals surface area contributed by atoms with Crippen LogP contribution in [0.5, 0.6) is 5.75 Å². The zero-order valence-electron chi connectivity index (χ0n) is 10.4. The number of para-hydroxylation sites is 1. The number of carbonyl (C=O) groups is 1. The summed E-state index contributed by atoms with van der Waals surface area (Å²) in [4.78, 5) is 11.0. The first-order valence-electron chi connectivity index (χ1n) is 5.68. The van der Waals surface area contributed by atoms with Gasteiger partial charge in [-0.05, 0) is 18.6 Å². The van der Waals surface area contributed by atoms with Crippen molar-refractivity contribution >= 4 is 5.97 Å². The average molecular weight is 237 g/mol. The number of ether oxygens (including phenoxy) is 1. The molecule has 0 aliphatic rings. The van der Waals surface area contributed by atoms with Crippen molar-refractivity contribution < 1.29 is 14.6 Å². The van der Waals surface area contributed by atoms with E-state index in [1.807, 2.05) is 45.0 Å². The molecule has 1 unspecified atom stereocenters. The van der Waals surface area contributed by atoms with Crippen molar-refractivity contribution in [2.24, 2.45) is 0 Å². The van der Waals surface area contributed by atoms with Gasteiger partial charge in [-0.3, -0.25) is 10.1 Å². The Hall–Kier alpha value is -1.55. The lowest BCUT2D eigenvalue weighted by Crippen LogP contribution is -2.44. The molecular formula is C13H19NO3. The van der Waals surface area contributed by atoms with Crippen LogP contribution in [0.3, 0.4) is 0 Å². The van der Waals surface area contributed by atoms with Crippen LogP contribution in [0.1, 0.15) is 19.4 Å². The lowest BCUT2D eigenvalue weighted by molar-refractivity contribution is -0.140. The number of hydrogen-bond acceptors (Lipinski definition) is 3. The topological polar surface area (TPSA) is 58.6 Å². The van der Waals surface area contributed by atoms with Crippen LogP contribution in [0.4, 0.5) is 0 Å². The molecule has 4 nitrogen and oxygen atoms in total. The quantitative estimate of drug-likeness (QED) is 0.792. The molecule has 0 fully saturated rings. The van der Waals surface area contributed by atoms with Gasteiger partial charge in [0.1, 0.15) is 18.4 Å². The molecule has 0 saturated carbocycles. The molecule has 1 aromatic rings. The van der Waals surface area contributed by atoms with Crippen molar-refractivity contribution in [3.05, 3.63) is 29.8 Å². The number of benzene rings is 1. The maximum absolute atomic E-state index is 11.0. The second-order valence-electron chi connectivity index (χ2n) is 4.29. The summed E-state index contributed by atoms with van der Waals surface area (Å²) in [6, 6.07) is 6.98. The molecule has 0 spiro atoms. The highest BCUT2D eigenvalue weighted by Gasteiger charge is 2.18. The van der Waals surface area contributed by atoms with Crippen molar-refractivity contribution in [3.63, 3.8) is 0 Å². The number of aliphatic carboxylic acids is 1. The first kappa shape index (κ1) is 13.5. The Balaban J connectivity index is 2.58. The predicted octanol–water partition coefficient (Wildman–Crippen LogP) is 1.83. The van der Waals surface area contributed by atoms with Crippen molar-refractivity contribution in [2.75, 3.05) is 6.61 Å². The van der Waals surface area contributed by atoms with Gasteiger partial charge in [0.2, 0.25) is 0 Å². The molecular weight excluding hydrogens is 218 g/mol. The Morgan fingerprint density at radius 2 is 2.06 bits per heavy atom. The Bertz CT molecular complexity index is 377. The van der Waals surface area contributed by atoms with Gasteiger partial charge in [0.05, 0.1) is 0 Å². The minimum atomic E-state index is -0.896. The molecule has 1 aromatic carbocycles. The molecule has 0 aliphatic carbocycles. The van der Waals surface area contributed by atoms with Crippen LogP contribution in [0.15, 0.2) is 24.3 Å². The third-order valence-corrected chi connectivity index (χ3v) is 2.33. The minimum Gasteiger partial charge on any atom is -0.491 e. The van der Waals surface area contributed by atoms with Crippen molar-refractivity contribution in [1.82, 2.24) is 5.32 Å². The molecule has 1 atom stereocenters. The smallest absolute Gasteiger partial charge is 0.324 e. The minimum absolute atomic E-state index is 0.108. The largest absolute Gasteiger partial charge is 0.491 e. The Morgan fingerprint density at radius 3 is 2.59 bits per heavy atom. The van der Waals surface area contributed by atoms with E-state index in [9.17, 15) is 4.79 Å². The standard InChI is InChI=1S/C13H19NO3/c1-9(2)14-11(13(15)16)8-17-12-7-5-4-6-10(12)3/h4-7,9,11,14H,8H2,1-3H3,(H,15,16). The second kappa shape index (κ2) is 6.25. The highest BCUT2D eigenvalue weighted by Crippen LogP contribution is 2.16. The lowest BCUT2D eigenvalue weighted by Gasteiger charge is -2.18. The number of carboxylic acid groups (broad SMARTS) is 1. The summed E-state index contributed by atoms with van der Waals surface area (Å²) >= 11 is 0. The summed E-state index contributed by atoms with van der Waals surface area (Å²) in [5, 5.41) is 12.0. The number of rotatable bonds is 6. The van der Waals surface area contributed by atoms with Crippen molar-refractivity contribution in [2.45, 2.75) is 32.9 Å². The van der Waals surface area contributed by atoms with E-state index in [2.05, 4.69) is 5.32 Å². The SMILES string of the molecule is Cc1ccccc1OCC(NC(C)C)C(=O)O. The zero-order valence-corrected chi connectivity index (χ0v) is 10.4. The van der Waals surface area contributed by atoms with E-state index in [4.69, 9.17) is 9.84 Å². The van der Waals surface area contributed by atoms with Gasteiger partial charge in [-0.1, -0.05) is 32.0 Å². The van der Waals surface area contributed by atoms with Gasteiger partial charge in [0.15, 0.2) is 0 Å². The van der Waals surface area contributed by atoms with Crippen LogP contribution < -0.4 is 10.1 Å². The van der Waals surface area contributed by atoms with Crippen LogP contribution in [-0.2, 0) is 4.79 Å². The van der Waals surface area contributed by atoms with Gasteiger partial charge < -0.3 is 9.84 Å². The third-order valence-electron chi connectivity index (χ3n) is 2.33. The van der Waals surface area contributed by atoms with E-state index in [-0.39, 0.29) is 12.6 Å². The highest BCUT2D eigenvalue weighted by atomic mass is 16.5. The fourth-order valence-electron chi connectivity index (χ4n) is 1.48. The van der Waals surface area contributed by atoms with Crippen LogP contribution in [0, 0.1) is 6.92 Å². The van der Waals surface area contributed by atoms with Gasteiger partial charge in [-0.25, -0.2) is 0 Å². The molecule has 0 heterocycles. The van der Waals surface area contributed by atoms with Crippen molar-refractivity contribution in [3.8, 4) is 5.75 Å². The van der Waals surface area contributed by atoms with E-state index in [1.165, 1.54) is 0 Å². The maximum Gasteiger partial charge on any atom is 0.324 e. The highest BCUT2D eigenvalue weighted by molar-refractivity contribution is 5.73. The van der Waals surface area contributed by atoms with Crippen LogP contribution in [0.25, 0.3) is 0 Å². The predicted molar refractivity (Wildman–Crippen MR) is 66.4 cm³/mol.